The molecule has 0 aromatic heterocycles. The summed E-state index contributed by atoms with van der Waals surface area (Å²) in [7, 11) is 1.27. The van der Waals surface area contributed by atoms with Gasteiger partial charge in [0.25, 0.3) is 7.82 Å². The molecule has 0 aliphatic heterocycles. The number of aliphatic hydroxyl groups excluding tert-OH is 1. The highest BCUT2D eigenvalue weighted by Gasteiger charge is 2.23. The molecule has 0 heterocycles. The standard InChI is InChI=1S/C45H91N2O6P/c1-6-8-10-12-14-15-16-17-18-19-20-21-22-23-24-25-26-27-28-29-30-31-33-35-37-39-45(49)46-43(44(48)38-36-34-32-13-11-9-7-2)42-53-54(50,51)52-41-40-47(3,4)5/h36,38,43-44,48H,6-35,37,39-42H2,1-5H3,(H-,46,49,50,51)/b38-36+. The minimum atomic E-state index is -4.57. The maximum atomic E-state index is 12.8. The Morgan fingerprint density at radius 3 is 1.39 bits per heavy atom. The van der Waals surface area contributed by atoms with Crippen LogP contribution in [0.25, 0.3) is 0 Å². The number of allylic oxidation sites excluding steroid dienone is 1. The lowest BCUT2D eigenvalue weighted by Crippen LogP contribution is -2.45. The predicted octanol–water partition coefficient (Wildman–Crippen LogP) is 12.1. The number of phosphoric ester groups is 1. The maximum absolute atomic E-state index is 12.8. The molecule has 0 fully saturated rings. The van der Waals surface area contributed by atoms with Crippen LogP contribution in [-0.2, 0) is 18.4 Å². The zero-order valence-electron chi connectivity index (χ0n) is 36.4. The van der Waals surface area contributed by atoms with E-state index in [1.54, 1.807) is 6.08 Å². The van der Waals surface area contributed by atoms with E-state index >= 15 is 0 Å². The Kier molecular flexibility index (Phi) is 37.3. The number of likely N-dealkylation sites (N-methyl/N-ethyl adjacent to an activating group) is 1. The van der Waals surface area contributed by atoms with Gasteiger partial charge in [0.1, 0.15) is 13.2 Å². The van der Waals surface area contributed by atoms with Gasteiger partial charge in [-0.1, -0.05) is 206 Å². The molecule has 0 saturated carbocycles. The smallest absolute Gasteiger partial charge is 0.268 e. The molecule has 0 aliphatic rings. The van der Waals surface area contributed by atoms with Gasteiger partial charge in [0.15, 0.2) is 0 Å². The highest BCUT2D eigenvalue weighted by molar-refractivity contribution is 7.45. The molecule has 0 bridgehead atoms. The van der Waals surface area contributed by atoms with E-state index in [1.165, 1.54) is 161 Å². The zero-order chi connectivity index (χ0) is 40.0. The summed E-state index contributed by atoms with van der Waals surface area (Å²) in [5, 5.41) is 13.6. The molecule has 0 spiro atoms. The van der Waals surface area contributed by atoms with Gasteiger partial charge in [-0.25, -0.2) is 0 Å². The molecule has 0 radical (unpaired) electrons. The van der Waals surface area contributed by atoms with Gasteiger partial charge in [-0.05, 0) is 19.3 Å². The molecule has 0 aromatic rings. The topological polar surface area (TPSA) is 108 Å². The van der Waals surface area contributed by atoms with Crippen LogP contribution in [0.1, 0.15) is 219 Å². The second-order valence-corrected chi connectivity index (χ2v) is 18.5. The van der Waals surface area contributed by atoms with Crippen molar-refractivity contribution in [2.45, 2.75) is 231 Å². The van der Waals surface area contributed by atoms with Crippen LogP contribution in [0.5, 0.6) is 0 Å². The highest BCUT2D eigenvalue weighted by atomic mass is 31.2. The fourth-order valence-corrected chi connectivity index (χ4v) is 7.52. The third-order valence-electron chi connectivity index (χ3n) is 10.5. The van der Waals surface area contributed by atoms with Crippen LogP contribution in [0.3, 0.4) is 0 Å². The van der Waals surface area contributed by atoms with Crippen LogP contribution in [-0.4, -0.2) is 68.5 Å². The van der Waals surface area contributed by atoms with E-state index in [9.17, 15) is 19.4 Å². The Bertz CT molecular complexity index is 896. The lowest BCUT2D eigenvalue weighted by Gasteiger charge is -2.29. The zero-order valence-corrected chi connectivity index (χ0v) is 37.3. The Morgan fingerprint density at radius 1 is 0.630 bits per heavy atom. The van der Waals surface area contributed by atoms with E-state index in [0.717, 1.165) is 38.5 Å². The minimum Gasteiger partial charge on any atom is -0.756 e. The van der Waals surface area contributed by atoms with Crippen molar-refractivity contribution in [3.63, 3.8) is 0 Å². The van der Waals surface area contributed by atoms with Crippen molar-refractivity contribution < 1.29 is 32.9 Å². The number of phosphoric acid groups is 1. The molecule has 9 heteroatoms. The molecule has 2 N–H and O–H groups in total. The van der Waals surface area contributed by atoms with Crippen LogP contribution in [0.2, 0.25) is 0 Å². The van der Waals surface area contributed by atoms with Crippen molar-refractivity contribution in [2.24, 2.45) is 0 Å². The van der Waals surface area contributed by atoms with Gasteiger partial charge in [0, 0.05) is 6.42 Å². The van der Waals surface area contributed by atoms with E-state index in [2.05, 4.69) is 19.2 Å². The third-order valence-corrected chi connectivity index (χ3v) is 11.5. The number of unbranched alkanes of at least 4 members (excludes halogenated alkanes) is 29. The van der Waals surface area contributed by atoms with Crippen molar-refractivity contribution in [3.05, 3.63) is 12.2 Å². The van der Waals surface area contributed by atoms with Gasteiger partial charge in [0.05, 0.1) is 39.9 Å². The van der Waals surface area contributed by atoms with Gasteiger partial charge in [-0.15, -0.1) is 0 Å². The summed E-state index contributed by atoms with van der Waals surface area (Å²) in [5.74, 6) is -0.198. The maximum Gasteiger partial charge on any atom is 0.268 e. The molecule has 3 unspecified atom stereocenters. The number of rotatable bonds is 42. The first-order valence-corrected chi connectivity index (χ1v) is 24.5. The van der Waals surface area contributed by atoms with Gasteiger partial charge in [0.2, 0.25) is 5.91 Å². The number of hydrogen-bond donors (Lipinski definition) is 2. The summed E-state index contributed by atoms with van der Waals surface area (Å²) in [4.78, 5) is 25.2. The lowest BCUT2D eigenvalue weighted by atomic mass is 10.0. The molecule has 1 amide bonds. The Labute approximate surface area is 335 Å². The first-order chi connectivity index (χ1) is 26.0. The number of amides is 1. The quantitative estimate of drug-likeness (QED) is 0.0276. The average molecular weight is 787 g/mol. The molecule has 0 saturated heterocycles. The highest BCUT2D eigenvalue weighted by Crippen LogP contribution is 2.38. The normalized spacial score (nSPS) is 14.4. The molecular weight excluding hydrogens is 695 g/mol. The Hall–Kier alpha value is -0.760. The Balaban J connectivity index is 4.02. The van der Waals surface area contributed by atoms with Gasteiger partial charge >= 0.3 is 0 Å². The number of quaternary nitrogens is 1. The summed E-state index contributed by atoms with van der Waals surface area (Å²) in [6.45, 7) is 4.60. The summed E-state index contributed by atoms with van der Waals surface area (Å²) in [6.07, 6.45) is 43.0. The summed E-state index contributed by atoms with van der Waals surface area (Å²) in [5.41, 5.74) is 0. The van der Waals surface area contributed by atoms with E-state index < -0.39 is 20.0 Å². The van der Waals surface area contributed by atoms with Gasteiger partial charge in [-0.3, -0.25) is 9.36 Å². The van der Waals surface area contributed by atoms with Crippen LogP contribution in [0.15, 0.2) is 12.2 Å². The predicted molar refractivity (Wildman–Crippen MR) is 229 cm³/mol. The lowest BCUT2D eigenvalue weighted by molar-refractivity contribution is -0.870. The van der Waals surface area contributed by atoms with Crippen LogP contribution < -0.4 is 10.2 Å². The fraction of sp³-hybridized carbons (Fsp3) is 0.933. The number of nitrogens with zero attached hydrogens (tertiary/aromatic N) is 1. The molecule has 322 valence electrons. The van der Waals surface area contributed by atoms with Crippen LogP contribution in [0.4, 0.5) is 0 Å². The second kappa shape index (κ2) is 37.8. The first kappa shape index (κ1) is 53.2. The van der Waals surface area contributed by atoms with Crippen LogP contribution in [0, 0.1) is 0 Å². The molecule has 0 aromatic carbocycles. The van der Waals surface area contributed by atoms with Gasteiger partial charge in [-0.2, -0.15) is 0 Å². The number of aliphatic hydroxyl groups is 1. The number of carbonyl (C=O) groups excluding carboxylic acids is 1. The van der Waals surface area contributed by atoms with E-state index in [4.69, 9.17) is 9.05 Å². The van der Waals surface area contributed by atoms with Crippen molar-refractivity contribution in [1.82, 2.24) is 5.32 Å². The monoisotopic (exact) mass is 787 g/mol. The summed E-state index contributed by atoms with van der Waals surface area (Å²) < 4.78 is 23.1. The summed E-state index contributed by atoms with van der Waals surface area (Å²) in [6, 6.07) is -0.877. The van der Waals surface area contributed by atoms with Crippen molar-refractivity contribution in [2.75, 3.05) is 40.9 Å². The number of nitrogens with one attached hydrogen (secondary N) is 1. The molecule has 54 heavy (non-hydrogen) atoms. The second-order valence-electron chi connectivity index (χ2n) is 17.1. The van der Waals surface area contributed by atoms with E-state index in [-0.39, 0.29) is 19.1 Å². The fourth-order valence-electron chi connectivity index (χ4n) is 6.80. The molecule has 0 rings (SSSR count). The van der Waals surface area contributed by atoms with Gasteiger partial charge < -0.3 is 28.8 Å². The molecule has 8 nitrogen and oxygen atoms in total. The van der Waals surface area contributed by atoms with Crippen molar-refractivity contribution in [3.8, 4) is 0 Å². The van der Waals surface area contributed by atoms with E-state index in [1.807, 2.05) is 27.2 Å². The first-order valence-electron chi connectivity index (χ1n) is 23.1. The largest absolute Gasteiger partial charge is 0.756 e. The van der Waals surface area contributed by atoms with Crippen molar-refractivity contribution >= 4 is 13.7 Å². The molecule has 0 aliphatic carbocycles. The Morgan fingerprint density at radius 2 is 1.00 bits per heavy atom. The number of hydrogen-bond acceptors (Lipinski definition) is 6. The van der Waals surface area contributed by atoms with Crippen LogP contribution >= 0.6 is 7.82 Å². The minimum absolute atomic E-state index is 0.00137. The average Bonchev–Trinajstić information content (AvgIpc) is 3.12. The SMILES string of the molecule is CCCCCCC/C=C/C(O)C(COP(=O)([O-])OCC[N+](C)(C)C)NC(=O)CCCCCCCCCCCCCCCCCCCCCCCCCCC. The molecular formula is C45H91N2O6P. The van der Waals surface area contributed by atoms with E-state index in [0.29, 0.717) is 17.4 Å². The van der Waals surface area contributed by atoms with Crippen molar-refractivity contribution in [1.29, 1.82) is 0 Å². The third kappa shape index (κ3) is 39.5. The number of carbonyl (C=O) groups is 1. The summed E-state index contributed by atoms with van der Waals surface area (Å²) >= 11 is 0. The molecule has 3 atom stereocenters.